The molecule has 1 aliphatic rings. The Morgan fingerprint density at radius 3 is 2.41 bits per heavy atom. The molecule has 172 valence electrons. The van der Waals surface area contributed by atoms with Gasteiger partial charge in [-0.2, -0.15) is 13.2 Å². The van der Waals surface area contributed by atoms with E-state index in [0.29, 0.717) is 36.6 Å². The Kier molecular flexibility index (Phi) is 7.74. The Hall–Kier alpha value is -3.07. The molecule has 2 amide bonds. The summed E-state index contributed by atoms with van der Waals surface area (Å²) >= 11 is 0. The maximum Gasteiger partial charge on any atom is 0.416 e. The monoisotopic (exact) mass is 448 g/mol. The summed E-state index contributed by atoms with van der Waals surface area (Å²) in [4.78, 5) is 27.7. The third kappa shape index (κ3) is 6.71. The molecule has 3 rings (SSSR count). The van der Waals surface area contributed by atoms with Gasteiger partial charge in [0.1, 0.15) is 0 Å². The molecule has 6 nitrogen and oxygen atoms in total. The number of anilines is 2. The van der Waals surface area contributed by atoms with Crippen LogP contribution in [0.15, 0.2) is 48.5 Å². The van der Waals surface area contributed by atoms with Crippen LogP contribution in [0.5, 0.6) is 0 Å². The minimum Gasteiger partial charge on any atom is -0.369 e. The molecule has 32 heavy (non-hydrogen) atoms. The first kappa shape index (κ1) is 23.6. The van der Waals surface area contributed by atoms with Crippen molar-refractivity contribution in [2.24, 2.45) is 0 Å². The summed E-state index contributed by atoms with van der Waals surface area (Å²) in [5.41, 5.74) is 1.01. The molecule has 0 aliphatic carbocycles. The largest absolute Gasteiger partial charge is 0.416 e. The topological polar surface area (TPSA) is 64.7 Å². The molecule has 2 N–H and O–H groups in total. The number of halogens is 3. The van der Waals surface area contributed by atoms with Crippen LogP contribution in [0.1, 0.15) is 29.3 Å². The first-order valence-electron chi connectivity index (χ1n) is 10.5. The van der Waals surface area contributed by atoms with E-state index in [4.69, 9.17) is 0 Å². The van der Waals surface area contributed by atoms with E-state index in [1.54, 1.807) is 30.3 Å². The molecule has 0 atom stereocenters. The van der Waals surface area contributed by atoms with Gasteiger partial charge in [-0.05, 0) is 49.4 Å². The molecule has 0 radical (unpaired) electrons. The lowest BCUT2D eigenvalue weighted by molar-refractivity contribution is -0.137. The predicted molar refractivity (Wildman–Crippen MR) is 118 cm³/mol. The number of alkyl halides is 3. The van der Waals surface area contributed by atoms with Gasteiger partial charge < -0.3 is 15.5 Å². The summed E-state index contributed by atoms with van der Waals surface area (Å²) in [7, 11) is 0. The average molecular weight is 448 g/mol. The Morgan fingerprint density at radius 2 is 1.72 bits per heavy atom. The van der Waals surface area contributed by atoms with Crippen LogP contribution < -0.4 is 15.5 Å². The number of rotatable bonds is 7. The minimum atomic E-state index is -4.34. The van der Waals surface area contributed by atoms with Crippen LogP contribution in [0, 0.1) is 0 Å². The van der Waals surface area contributed by atoms with Gasteiger partial charge >= 0.3 is 6.18 Å². The van der Waals surface area contributed by atoms with Crippen molar-refractivity contribution in [1.82, 2.24) is 10.2 Å². The van der Waals surface area contributed by atoms with Crippen LogP contribution in [-0.4, -0.2) is 56.0 Å². The second kappa shape index (κ2) is 10.5. The summed E-state index contributed by atoms with van der Waals surface area (Å²) in [6.07, 6.45) is -3.58. The van der Waals surface area contributed by atoms with Crippen LogP contribution in [0.2, 0.25) is 0 Å². The van der Waals surface area contributed by atoms with E-state index in [0.717, 1.165) is 32.1 Å². The highest BCUT2D eigenvalue weighted by Crippen LogP contribution is 2.31. The molecular formula is C23H27F3N4O2. The number of carbonyl (C=O) groups excluding carboxylic acids is 2. The molecule has 1 heterocycles. The summed E-state index contributed by atoms with van der Waals surface area (Å²) in [5, 5.41) is 5.53. The molecule has 0 spiro atoms. The fourth-order valence-electron chi connectivity index (χ4n) is 3.66. The molecular weight excluding hydrogens is 421 g/mol. The van der Waals surface area contributed by atoms with Crippen LogP contribution in [0.25, 0.3) is 0 Å². The Labute approximate surface area is 185 Å². The quantitative estimate of drug-likeness (QED) is 0.636. The second-order valence-electron chi connectivity index (χ2n) is 7.75. The first-order valence-corrected chi connectivity index (χ1v) is 10.5. The third-order valence-corrected chi connectivity index (χ3v) is 5.29. The number of benzene rings is 2. The fraction of sp³-hybridized carbons (Fsp3) is 0.391. The third-order valence-electron chi connectivity index (χ3n) is 5.29. The zero-order chi connectivity index (χ0) is 23.1. The van der Waals surface area contributed by atoms with Gasteiger partial charge in [-0.25, -0.2) is 0 Å². The number of carbonyl (C=O) groups is 2. The molecule has 0 saturated carbocycles. The first-order chi connectivity index (χ1) is 15.2. The Bertz CT molecular complexity index is 941. The van der Waals surface area contributed by atoms with E-state index in [1.807, 2.05) is 4.90 Å². The molecule has 1 fully saturated rings. The SMILES string of the molecule is CC(=O)Nc1cccc(C(=O)NCCCN2CCN(c3cccc(C(F)(F)F)c3)CC2)c1. The van der Waals surface area contributed by atoms with Gasteiger partial charge in [-0.15, -0.1) is 0 Å². The van der Waals surface area contributed by atoms with E-state index in [2.05, 4.69) is 15.5 Å². The van der Waals surface area contributed by atoms with Crippen LogP contribution in [0.3, 0.4) is 0 Å². The zero-order valence-corrected chi connectivity index (χ0v) is 17.9. The molecule has 0 unspecified atom stereocenters. The Balaban J connectivity index is 1.40. The normalized spacial score (nSPS) is 14.8. The van der Waals surface area contributed by atoms with E-state index >= 15 is 0 Å². The number of piperazine rings is 1. The molecule has 2 aromatic rings. The van der Waals surface area contributed by atoms with Gasteiger partial charge in [0.25, 0.3) is 5.91 Å². The summed E-state index contributed by atoms with van der Waals surface area (Å²) in [6, 6.07) is 12.2. The van der Waals surface area contributed by atoms with E-state index in [1.165, 1.54) is 19.1 Å². The number of hydrogen-bond acceptors (Lipinski definition) is 4. The molecule has 9 heteroatoms. The maximum absolute atomic E-state index is 12.9. The van der Waals surface area contributed by atoms with Crippen LogP contribution >= 0.6 is 0 Å². The number of amides is 2. The highest BCUT2D eigenvalue weighted by Gasteiger charge is 2.31. The number of hydrogen-bond donors (Lipinski definition) is 2. The van der Waals surface area contributed by atoms with Crippen molar-refractivity contribution in [1.29, 1.82) is 0 Å². The van der Waals surface area contributed by atoms with E-state index in [-0.39, 0.29) is 11.8 Å². The standard InChI is InChI=1S/C23H27F3N4O2/c1-17(31)28-20-7-2-5-18(15-20)22(32)27-9-4-10-29-11-13-30(14-12-29)21-8-3-6-19(16-21)23(24,25)26/h2-3,5-8,15-16H,4,9-14H2,1H3,(H,27,32)(H,28,31). The summed E-state index contributed by atoms with van der Waals surface area (Å²) < 4.78 is 38.8. The fourth-order valence-corrected chi connectivity index (χ4v) is 3.66. The lowest BCUT2D eigenvalue weighted by Crippen LogP contribution is -2.47. The predicted octanol–water partition coefficient (Wildman–Crippen LogP) is 3.61. The van der Waals surface area contributed by atoms with E-state index < -0.39 is 11.7 Å². The van der Waals surface area contributed by atoms with Gasteiger partial charge in [0, 0.05) is 56.6 Å². The highest BCUT2D eigenvalue weighted by atomic mass is 19.4. The highest BCUT2D eigenvalue weighted by molar-refractivity contribution is 5.96. The summed E-state index contributed by atoms with van der Waals surface area (Å²) in [6.45, 7) is 5.53. The molecule has 0 aromatic heterocycles. The smallest absolute Gasteiger partial charge is 0.369 e. The second-order valence-corrected chi connectivity index (χ2v) is 7.75. The Morgan fingerprint density at radius 1 is 1.00 bits per heavy atom. The lowest BCUT2D eigenvalue weighted by Gasteiger charge is -2.36. The lowest BCUT2D eigenvalue weighted by atomic mass is 10.1. The van der Waals surface area contributed by atoms with E-state index in [9.17, 15) is 22.8 Å². The van der Waals surface area contributed by atoms with Crippen molar-refractivity contribution in [3.63, 3.8) is 0 Å². The molecule has 2 aromatic carbocycles. The van der Waals surface area contributed by atoms with Gasteiger partial charge in [0.2, 0.25) is 5.91 Å². The molecule has 1 saturated heterocycles. The van der Waals surface area contributed by atoms with Gasteiger partial charge in [0.05, 0.1) is 5.56 Å². The van der Waals surface area contributed by atoms with Gasteiger partial charge in [-0.3, -0.25) is 14.5 Å². The molecule has 0 bridgehead atoms. The van der Waals surface area contributed by atoms with Crippen molar-refractivity contribution in [3.05, 3.63) is 59.7 Å². The van der Waals surface area contributed by atoms with Crippen molar-refractivity contribution in [2.75, 3.05) is 49.5 Å². The van der Waals surface area contributed by atoms with Crippen molar-refractivity contribution >= 4 is 23.2 Å². The average Bonchev–Trinajstić information content (AvgIpc) is 2.76. The van der Waals surface area contributed by atoms with Crippen molar-refractivity contribution in [3.8, 4) is 0 Å². The van der Waals surface area contributed by atoms with Crippen LogP contribution in [-0.2, 0) is 11.0 Å². The van der Waals surface area contributed by atoms with Crippen LogP contribution in [0.4, 0.5) is 24.5 Å². The minimum absolute atomic E-state index is 0.198. The maximum atomic E-state index is 12.9. The van der Waals surface area contributed by atoms with Crippen molar-refractivity contribution < 1.29 is 22.8 Å². The van der Waals surface area contributed by atoms with Gasteiger partial charge in [0.15, 0.2) is 0 Å². The summed E-state index contributed by atoms with van der Waals surface area (Å²) in [5.74, 6) is -0.401. The zero-order valence-electron chi connectivity index (χ0n) is 17.9. The van der Waals surface area contributed by atoms with Crippen molar-refractivity contribution in [2.45, 2.75) is 19.5 Å². The number of nitrogens with one attached hydrogen (secondary N) is 2. The number of nitrogens with zero attached hydrogens (tertiary/aromatic N) is 2. The van der Waals surface area contributed by atoms with Gasteiger partial charge in [-0.1, -0.05) is 12.1 Å². The molecule has 1 aliphatic heterocycles.